The minimum Gasteiger partial charge on any atom is -0.352 e. The van der Waals surface area contributed by atoms with Crippen molar-refractivity contribution in [1.29, 1.82) is 0 Å². The molecule has 0 unspecified atom stereocenters. The molecule has 0 bridgehead atoms. The Labute approximate surface area is 140 Å². The predicted octanol–water partition coefficient (Wildman–Crippen LogP) is 3.67. The highest BCUT2D eigenvalue weighted by Gasteiger charge is 2.11. The zero-order valence-corrected chi connectivity index (χ0v) is 13.3. The molecule has 3 rings (SSSR count). The molecule has 3 nitrogen and oxygen atoms in total. The van der Waals surface area contributed by atoms with Crippen molar-refractivity contribution in [1.82, 2.24) is 9.88 Å². The fraction of sp³-hybridized carbons (Fsp3) is 0.150. The average Bonchev–Trinajstić information content (AvgIpc) is 2.93. The highest BCUT2D eigenvalue weighted by atomic mass is 19.1. The number of carbonyl (C=O) groups is 1. The van der Waals surface area contributed by atoms with Gasteiger partial charge in [0, 0.05) is 30.2 Å². The Balaban J connectivity index is 1.89. The Kier molecular flexibility index (Phi) is 4.75. The van der Waals surface area contributed by atoms with E-state index in [1.165, 1.54) is 12.1 Å². The Bertz CT molecular complexity index is 865. The summed E-state index contributed by atoms with van der Waals surface area (Å²) in [6.07, 6.45) is 3.99. The number of para-hydroxylation sites is 1. The number of fused-ring (bicyclic) bond motifs is 1. The molecular formula is C20H19FN2O. The summed E-state index contributed by atoms with van der Waals surface area (Å²) in [5.41, 5.74) is 3.06. The Morgan fingerprint density at radius 3 is 2.67 bits per heavy atom. The molecular weight excluding hydrogens is 303 g/mol. The van der Waals surface area contributed by atoms with E-state index in [4.69, 9.17) is 0 Å². The number of halogens is 1. The summed E-state index contributed by atoms with van der Waals surface area (Å²) >= 11 is 0. The van der Waals surface area contributed by atoms with Crippen LogP contribution in [0.2, 0.25) is 0 Å². The van der Waals surface area contributed by atoms with E-state index >= 15 is 0 Å². The smallest absolute Gasteiger partial charge is 0.224 e. The lowest BCUT2D eigenvalue weighted by atomic mass is 10.1. The van der Waals surface area contributed by atoms with Gasteiger partial charge in [-0.2, -0.15) is 0 Å². The number of benzene rings is 2. The van der Waals surface area contributed by atoms with Crippen molar-refractivity contribution in [3.8, 4) is 0 Å². The maximum Gasteiger partial charge on any atom is 0.224 e. The maximum atomic E-state index is 13.1. The van der Waals surface area contributed by atoms with Gasteiger partial charge < -0.3 is 9.88 Å². The molecule has 122 valence electrons. The van der Waals surface area contributed by atoms with Gasteiger partial charge in [-0.25, -0.2) is 4.39 Å². The predicted molar refractivity (Wildman–Crippen MR) is 94.4 cm³/mol. The van der Waals surface area contributed by atoms with Gasteiger partial charge in [-0.05, 0) is 29.3 Å². The number of nitrogens with one attached hydrogen (secondary N) is 1. The standard InChI is InChI=1S/C20H19FN2O/c1-2-11-22-20(24)12-16-14-23(19-6-4-3-5-18(16)19)13-15-7-9-17(21)10-8-15/h2-10,14H,1,11-13H2,(H,22,24). The van der Waals surface area contributed by atoms with Crippen LogP contribution in [0.4, 0.5) is 4.39 Å². The quantitative estimate of drug-likeness (QED) is 0.690. The van der Waals surface area contributed by atoms with Crippen molar-refractivity contribution in [2.45, 2.75) is 13.0 Å². The summed E-state index contributed by atoms with van der Waals surface area (Å²) in [4.78, 5) is 12.0. The molecule has 4 heteroatoms. The molecule has 0 saturated carbocycles. The molecule has 0 aliphatic carbocycles. The molecule has 2 aromatic carbocycles. The molecule has 0 aliphatic rings. The largest absolute Gasteiger partial charge is 0.352 e. The highest BCUT2D eigenvalue weighted by molar-refractivity contribution is 5.89. The van der Waals surface area contributed by atoms with E-state index in [2.05, 4.69) is 16.5 Å². The van der Waals surface area contributed by atoms with Gasteiger partial charge in [-0.3, -0.25) is 4.79 Å². The molecule has 1 aromatic heterocycles. The second-order valence-corrected chi connectivity index (χ2v) is 5.70. The zero-order valence-electron chi connectivity index (χ0n) is 13.3. The van der Waals surface area contributed by atoms with E-state index < -0.39 is 0 Å². The van der Waals surface area contributed by atoms with Crippen molar-refractivity contribution >= 4 is 16.8 Å². The minimum absolute atomic E-state index is 0.0282. The summed E-state index contributed by atoms with van der Waals surface area (Å²) < 4.78 is 15.2. The van der Waals surface area contributed by atoms with E-state index in [0.29, 0.717) is 19.5 Å². The topological polar surface area (TPSA) is 34.0 Å². The summed E-state index contributed by atoms with van der Waals surface area (Å²) in [6.45, 7) is 4.70. The third-order valence-corrected chi connectivity index (χ3v) is 3.93. The molecule has 0 radical (unpaired) electrons. The first-order chi connectivity index (χ1) is 11.7. The molecule has 0 saturated heterocycles. The number of hydrogen-bond acceptors (Lipinski definition) is 1. The SMILES string of the molecule is C=CCNC(=O)Cc1cn(Cc2ccc(F)cc2)c2ccccc12. The molecule has 1 N–H and O–H groups in total. The second-order valence-electron chi connectivity index (χ2n) is 5.70. The lowest BCUT2D eigenvalue weighted by Crippen LogP contribution is -2.24. The average molecular weight is 322 g/mol. The second kappa shape index (κ2) is 7.13. The fourth-order valence-corrected chi connectivity index (χ4v) is 2.80. The summed E-state index contributed by atoms with van der Waals surface area (Å²) in [5, 5.41) is 3.87. The van der Waals surface area contributed by atoms with Crippen LogP contribution in [0.1, 0.15) is 11.1 Å². The molecule has 0 spiro atoms. The zero-order chi connectivity index (χ0) is 16.9. The van der Waals surface area contributed by atoms with Crippen molar-refractivity contribution < 1.29 is 9.18 Å². The van der Waals surface area contributed by atoms with Crippen LogP contribution in [0, 0.1) is 5.82 Å². The summed E-state index contributed by atoms with van der Waals surface area (Å²) in [7, 11) is 0. The first-order valence-electron chi connectivity index (χ1n) is 7.86. The summed E-state index contributed by atoms with van der Waals surface area (Å²) in [5.74, 6) is -0.268. The van der Waals surface area contributed by atoms with E-state index in [-0.39, 0.29) is 11.7 Å². The normalized spacial score (nSPS) is 10.7. The lowest BCUT2D eigenvalue weighted by molar-refractivity contribution is -0.120. The van der Waals surface area contributed by atoms with Gasteiger partial charge in [0.1, 0.15) is 5.82 Å². The Morgan fingerprint density at radius 2 is 1.92 bits per heavy atom. The number of nitrogens with zero attached hydrogens (tertiary/aromatic N) is 1. The number of hydrogen-bond donors (Lipinski definition) is 1. The van der Waals surface area contributed by atoms with Gasteiger partial charge in [-0.1, -0.05) is 36.4 Å². The molecule has 3 aromatic rings. The van der Waals surface area contributed by atoms with E-state index in [1.807, 2.05) is 30.5 Å². The van der Waals surface area contributed by atoms with Crippen LogP contribution in [-0.4, -0.2) is 17.0 Å². The van der Waals surface area contributed by atoms with Gasteiger partial charge in [0.2, 0.25) is 5.91 Å². The third-order valence-electron chi connectivity index (χ3n) is 3.93. The molecule has 0 atom stereocenters. The van der Waals surface area contributed by atoms with Gasteiger partial charge in [0.05, 0.1) is 6.42 Å². The monoisotopic (exact) mass is 322 g/mol. The first-order valence-corrected chi connectivity index (χ1v) is 7.86. The lowest BCUT2D eigenvalue weighted by Gasteiger charge is -2.05. The van der Waals surface area contributed by atoms with Crippen molar-refractivity contribution in [2.24, 2.45) is 0 Å². The summed E-state index contributed by atoms with van der Waals surface area (Å²) in [6, 6.07) is 14.5. The molecule has 1 heterocycles. The van der Waals surface area contributed by atoms with Gasteiger partial charge in [0.25, 0.3) is 0 Å². The first kappa shape index (κ1) is 16.0. The number of carbonyl (C=O) groups excluding carboxylic acids is 1. The van der Waals surface area contributed by atoms with E-state index in [0.717, 1.165) is 22.0 Å². The number of rotatable bonds is 6. The van der Waals surface area contributed by atoms with Gasteiger partial charge >= 0.3 is 0 Å². The molecule has 1 amide bonds. The molecule has 0 aliphatic heterocycles. The number of aromatic nitrogens is 1. The molecule has 0 fully saturated rings. The van der Waals surface area contributed by atoms with Crippen LogP contribution >= 0.6 is 0 Å². The number of amides is 1. The fourth-order valence-electron chi connectivity index (χ4n) is 2.80. The van der Waals surface area contributed by atoms with Crippen molar-refractivity contribution in [2.75, 3.05) is 6.54 Å². The van der Waals surface area contributed by atoms with E-state index in [1.54, 1.807) is 18.2 Å². The Morgan fingerprint density at radius 1 is 1.17 bits per heavy atom. The third kappa shape index (κ3) is 3.54. The molecule has 24 heavy (non-hydrogen) atoms. The van der Waals surface area contributed by atoms with Crippen LogP contribution in [-0.2, 0) is 17.8 Å². The van der Waals surface area contributed by atoms with Crippen LogP contribution < -0.4 is 5.32 Å². The van der Waals surface area contributed by atoms with Crippen molar-refractivity contribution in [3.05, 3.63) is 84.3 Å². The van der Waals surface area contributed by atoms with Gasteiger partial charge in [-0.15, -0.1) is 6.58 Å². The van der Waals surface area contributed by atoms with Crippen molar-refractivity contribution in [3.63, 3.8) is 0 Å². The highest BCUT2D eigenvalue weighted by Crippen LogP contribution is 2.23. The van der Waals surface area contributed by atoms with Crippen LogP contribution in [0.15, 0.2) is 67.4 Å². The van der Waals surface area contributed by atoms with Crippen LogP contribution in [0.5, 0.6) is 0 Å². The van der Waals surface area contributed by atoms with Crippen LogP contribution in [0.3, 0.4) is 0 Å². The van der Waals surface area contributed by atoms with Crippen LogP contribution in [0.25, 0.3) is 10.9 Å². The minimum atomic E-state index is -0.240. The Hall–Kier alpha value is -2.88. The van der Waals surface area contributed by atoms with Gasteiger partial charge in [0.15, 0.2) is 0 Å². The van der Waals surface area contributed by atoms with E-state index in [9.17, 15) is 9.18 Å². The maximum absolute atomic E-state index is 13.1.